The average molecular weight is 292 g/mol. The molecule has 0 saturated heterocycles. The van der Waals surface area contributed by atoms with Gasteiger partial charge in [0, 0.05) is 24.7 Å². The van der Waals surface area contributed by atoms with Crippen molar-refractivity contribution in [3.8, 4) is 11.5 Å². The fourth-order valence-electron chi connectivity index (χ4n) is 3.30. The Balaban J connectivity index is 2.22. The first kappa shape index (κ1) is 16.1. The van der Waals surface area contributed by atoms with E-state index >= 15 is 0 Å². The summed E-state index contributed by atoms with van der Waals surface area (Å²) in [4.78, 5) is 2.44. The number of rotatable bonds is 6. The molecule has 0 spiro atoms. The Morgan fingerprint density at radius 2 is 1.67 bits per heavy atom. The molecule has 1 aliphatic carbocycles. The molecule has 0 bridgehead atoms. The maximum Gasteiger partial charge on any atom is 0.122 e. The van der Waals surface area contributed by atoms with Crippen LogP contribution in [0.3, 0.4) is 0 Å². The van der Waals surface area contributed by atoms with Crippen LogP contribution in [-0.4, -0.2) is 38.8 Å². The molecule has 1 aliphatic rings. The van der Waals surface area contributed by atoms with Crippen molar-refractivity contribution in [3.05, 3.63) is 23.8 Å². The topological polar surface area (TPSA) is 47.7 Å². The zero-order chi connectivity index (χ0) is 15.2. The Labute approximate surface area is 128 Å². The van der Waals surface area contributed by atoms with Gasteiger partial charge in [0.2, 0.25) is 0 Å². The van der Waals surface area contributed by atoms with E-state index in [4.69, 9.17) is 15.2 Å². The van der Waals surface area contributed by atoms with Gasteiger partial charge < -0.3 is 15.2 Å². The SMILES string of the molecule is COc1cc(OC)cc(C(CN)N(C)C2CCCCC2)c1. The van der Waals surface area contributed by atoms with Gasteiger partial charge in [-0.15, -0.1) is 0 Å². The smallest absolute Gasteiger partial charge is 0.122 e. The number of likely N-dealkylation sites (N-methyl/N-ethyl adjacent to an activating group) is 1. The second-order valence-corrected chi connectivity index (χ2v) is 5.85. The third kappa shape index (κ3) is 3.89. The van der Waals surface area contributed by atoms with Crippen molar-refractivity contribution < 1.29 is 9.47 Å². The Morgan fingerprint density at radius 1 is 1.10 bits per heavy atom. The minimum atomic E-state index is 0.206. The molecule has 4 heteroatoms. The Morgan fingerprint density at radius 3 is 2.14 bits per heavy atom. The van der Waals surface area contributed by atoms with Crippen LogP contribution in [-0.2, 0) is 0 Å². The average Bonchev–Trinajstić information content (AvgIpc) is 2.55. The molecule has 0 amide bonds. The number of hydrogen-bond acceptors (Lipinski definition) is 4. The minimum Gasteiger partial charge on any atom is -0.497 e. The summed E-state index contributed by atoms with van der Waals surface area (Å²) in [5, 5.41) is 0. The van der Waals surface area contributed by atoms with Crippen molar-refractivity contribution in [3.63, 3.8) is 0 Å². The van der Waals surface area contributed by atoms with Crippen molar-refractivity contribution in [2.24, 2.45) is 5.73 Å². The monoisotopic (exact) mass is 292 g/mol. The van der Waals surface area contributed by atoms with Crippen LogP contribution in [0, 0.1) is 0 Å². The number of ether oxygens (including phenoxy) is 2. The number of methoxy groups -OCH3 is 2. The summed E-state index contributed by atoms with van der Waals surface area (Å²) in [6.45, 7) is 0.601. The largest absolute Gasteiger partial charge is 0.497 e. The van der Waals surface area contributed by atoms with E-state index in [1.54, 1.807) is 14.2 Å². The molecule has 1 atom stereocenters. The highest BCUT2D eigenvalue weighted by atomic mass is 16.5. The Kier molecular flexibility index (Phi) is 5.88. The Bertz CT molecular complexity index is 422. The summed E-state index contributed by atoms with van der Waals surface area (Å²) in [5.74, 6) is 1.64. The maximum atomic E-state index is 6.07. The van der Waals surface area contributed by atoms with Crippen LogP contribution < -0.4 is 15.2 Å². The van der Waals surface area contributed by atoms with Gasteiger partial charge in [-0.25, -0.2) is 0 Å². The van der Waals surface area contributed by atoms with Crippen LogP contribution in [0.1, 0.15) is 43.7 Å². The van der Waals surface area contributed by atoms with Gasteiger partial charge in [-0.3, -0.25) is 4.90 Å². The van der Waals surface area contributed by atoms with Gasteiger partial charge in [0.15, 0.2) is 0 Å². The molecule has 2 rings (SSSR count). The lowest BCUT2D eigenvalue weighted by Gasteiger charge is -2.37. The summed E-state index contributed by atoms with van der Waals surface area (Å²) in [5.41, 5.74) is 7.24. The van der Waals surface area contributed by atoms with Crippen molar-refractivity contribution in [2.45, 2.75) is 44.2 Å². The van der Waals surface area contributed by atoms with Gasteiger partial charge in [-0.1, -0.05) is 19.3 Å². The first-order chi connectivity index (χ1) is 10.2. The zero-order valence-corrected chi connectivity index (χ0v) is 13.5. The van der Waals surface area contributed by atoms with E-state index in [-0.39, 0.29) is 6.04 Å². The highest BCUT2D eigenvalue weighted by Gasteiger charge is 2.25. The van der Waals surface area contributed by atoms with Crippen LogP contribution in [0.15, 0.2) is 18.2 Å². The van der Waals surface area contributed by atoms with Crippen molar-refractivity contribution in [2.75, 3.05) is 27.8 Å². The van der Waals surface area contributed by atoms with Gasteiger partial charge in [0.05, 0.1) is 14.2 Å². The lowest BCUT2D eigenvalue weighted by molar-refractivity contribution is 0.140. The fraction of sp³-hybridized carbons (Fsp3) is 0.647. The van der Waals surface area contributed by atoms with Gasteiger partial charge in [-0.2, -0.15) is 0 Å². The van der Waals surface area contributed by atoms with E-state index in [1.807, 2.05) is 6.07 Å². The van der Waals surface area contributed by atoms with Crippen molar-refractivity contribution >= 4 is 0 Å². The third-order valence-electron chi connectivity index (χ3n) is 4.62. The summed E-state index contributed by atoms with van der Waals surface area (Å²) < 4.78 is 10.8. The van der Waals surface area contributed by atoms with E-state index in [0.717, 1.165) is 11.5 Å². The summed E-state index contributed by atoms with van der Waals surface area (Å²) in [6, 6.07) is 6.87. The molecule has 1 aromatic rings. The second-order valence-electron chi connectivity index (χ2n) is 5.85. The molecule has 118 valence electrons. The summed E-state index contributed by atoms with van der Waals surface area (Å²) in [7, 11) is 5.56. The first-order valence-electron chi connectivity index (χ1n) is 7.84. The molecule has 2 N–H and O–H groups in total. The van der Waals surface area contributed by atoms with Gasteiger partial charge in [0.1, 0.15) is 11.5 Å². The van der Waals surface area contributed by atoms with Crippen molar-refractivity contribution in [1.82, 2.24) is 4.90 Å². The van der Waals surface area contributed by atoms with E-state index in [2.05, 4.69) is 24.1 Å². The third-order valence-corrected chi connectivity index (χ3v) is 4.62. The molecule has 1 unspecified atom stereocenters. The molecule has 21 heavy (non-hydrogen) atoms. The zero-order valence-electron chi connectivity index (χ0n) is 13.5. The standard InChI is InChI=1S/C17H28N2O2/c1-19(14-7-5-4-6-8-14)17(12-18)13-9-15(20-2)11-16(10-13)21-3/h9-11,14,17H,4-8,12,18H2,1-3H3. The lowest BCUT2D eigenvalue weighted by atomic mass is 9.92. The Hall–Kier alpha value is -1.26. The van der Waals surface area contributed by atoms with E-state index in [0.29, 0.717) is 12.6 Å². The predicted octanol–water partition coefficient (Wildman–Crippen LogP) is 2.97. The maximum absolute atomic E-state index is 6.07. The lowest BCUT2D eigenvalue weighted by Crippen LogP contribution is -2.39. The number of nitrogens with zero attached hydrogens (tertiary/aromatic N) is 1. The van der Waals surface area contributed by atoms with Crippen LogP contribution in [0.4, 0.5) is 0 Å². The number of benzene rings is 1. The first-order valence-corrected chi connectivity index (χ1v) is 7.84. The molecular formula is C17H28N2O2. The molecular weight excluding hydrogens is 264 g/mol. The predicted molar refractivity (Wildman–Crippen MR) is 86.0 cm³/mol. The highest BCUT2D eigenvalue weighted by Crippen LogP contribution is 2.32. The summed E-state index contributed by atoms with van der Waals surface area (Å²) >= 11 is 0. The normalized spacial score (nSPS) is 17.8. The molecule has 0 aromatic heterocycles. The van der Waals surface area contributed by atoms with Crippen LogP contribution >= 0.6 is 0 Å². The fourth-order valence-corrected chi connectivity index (χ4v) is 3.30. The second kappa shape index (κ2) is 7.66. The highest BCUT2D eigenvalue weighted by molar-refractivity contribution is 5.40. The molecule has 4 nitrogen and oxygen atoms in total. The van der Waals surface area contributed by atoms with Crippen LogP contribution in [0.5, 0.6) is 11.5 Å². The molecule has 0 aliphatic heterocycles. The van der Waals surface area contributed by atoms with Gasteiger partial charge >= 0.3 is 0 Å². The number of nitrogens with two attached hydrogens (primary N) is 1. The van der Waals surface area contributed by atoms with Gasteiger partial charge in [0.25, 0.3) is 0 Å². The number of hydrogen-bond donors (Lipinski definition) is 1. The molecule has 1 aromatic carbocycles. The van der Waals surface area contributed by atoms with Gasteiger partial charge in [-0.05, 0) is 37.6 Å². The summed E-state index contributed by atoms with van der Waals surface area (Å²) in [6.07, 6.45) is 6.56. The minimum absolute atomic E-state index is 0.206. The molecule has 1 saturated carbocycles. The quantitative estimate of drug-likeness (QED) is 0.875. The molecule has 0 heterocycles. The van der Waals surface area contributed by atoms with E-state index < -0.39 is 0 Å². The van der Waals surface area contributed by atoms with Crippen LogP contribution in [0.25, 0.3) is 0 Å². The van der Waals surface area contributed by atoms with E-state index in [1.165, 1.54) is 37.7 Å². The van der Waals surface area contributed by atoms with Crippen LogP contribution in [0.2, 0.25) is 0 Å². The molecule has 0 radical (unpaired) electrons. The van der Waals surface area contributed by atoms with E-state index in [9.17, 15) is 0 Å². The molecule has 1 fully saturated rings. The van der Waals surface area contributed by atoms with Crippen molar-refractivity contribution in [1.29, 1.82) is 0 Å².